The Morgan fingerprint density at radius 3 is 2.53 bits per heavy atom. The van der Waals surface area contributed by atoms with Crippen LogP contribution in [0.25, 0.3) is 0 Å². The fourth-order valence-corrected chi connectivity index (χ4v) is 2.28. The molecule has 0 aliphatic heterocycles. The molecule has 0 saturated carbocycles. The summed E-state index contributed by atoms with van der Waals surface area (Å²) in [7, 11) is 0. The van der Waals surface area contributed by atoms with Crippen molar-refractivity contribution in [3.63, 3.8) is 0 Å². The van der Waals surface area contributed by atoms with Crippen LogP contribution in [0, 0.1) is 0 Å². The smallest absolute Gasteiger partial charge is 0.294 e. The Morgan fingerprint density at radius 1 is 1.41 bits per heavy atom. The van der Waals surface area contributed by atoms with Gasteiger partial charge in [0.1, 0.15) is 0 Å². The van der Waals surface area contributed by atoms with E-state index in [4.69, 9.17) is 0 Å². The number of carbonyl (C=O) groups is 1. The minimum atomic E-state index is -4.42. The molecule has 0 bridgehead atoms. The Morgan fingerprint density at radius 2 is 2.06 bits per heavy atom. The average Bonchev–Trinajstić information content (AvgIpc) is 2.27. The van der Waals surface area contributed by atoms with Crippen LogP contribution in [0.2, 0.25) is 0 Å². The molecule has 0 aliphatic carbocycles. The number of carbonyl (C=O) groups excluding carboxylic acids is 1. The first-order chi connectivity index (χ1) is 7.90. The topological polar surface area (TPSA) is 17.1 Å². The molecule has 1 aromatic rings. The standard InChI is InChI=1S/C11H10BrF3OS/c1-17-10-3-2-7(11(13,14)15)6-8(10)9(16)4-5-12/h2-3,6H,4-5H2,1H3. The first-order valence-electron chi connectivity index (χ1n) is 4.74. The Bertz CT molecular complexity index is 418. The van der Waals surface area contributed by atoms with E-state index in [2.05, 4.69) is 15.9 Å². The fourth-order valence-electron chi connectivity index (χ4n) is 1.32. The molecule has 0 amide bonds. The first kappa shape index (κ1) is 14.6. The van der Waals surface area contributed by atoms with E-state index in [-0.39, 0.29) is 17.8 Å². The number of rotatable bonds is 4. The summed E-state index contributed by atoms with van der Waals surface area (Å²) in [6, 6.07) is 3.27. The predicted octanol–water partition coefficient (Wildman–Crippen LogP) is 4.40. The maximum absolute atomic E-state index is 12.5. The third-order valence-electron chi connectivity index (χ3n) is 2.15. The van der Waals surface area contributed by atoms with Crippen LogP contribution < -0.4 is 0 Å². The minimum Gasteiger partial charge on any atom is -0.294 e. The summed E-state index contributed by atoms with van der Waals surface area (Å²) in [4.78, 5) is 12.3. The van der Waals surface area contributed by atoms with Crippen molar-refractivity contribution in [2.24, 2.45) is 0 Å². The van der Waals surface area contributed by atoms with Crippen molar-refractivity contribution in [1.29, 1.82) is 0 Å². The van der Waals surface area contributed by atoms with Crippen LogP contribution in [-0.2, 0) is 6.18 Å². The van der Waals surface area contributed by atoms with E-state index in [0.717, 1.165) is 12.1 Å². The Balaban J connectivity index is 3.20. The lowest BCUT2D eigenvalue weighted by Gasteiger charge is -2.11. The van der Waals surface area contributed by atoms with Gasteiger partial charge in [-0.25, -0.2) is 0 Å². The highest BCUT2D eigenvalue weighted by Gasteiger charge is 2.31. The van der Waals surface area contributed by atoms with Gasteiger partial charge in [0.15, 0.2) is 5.78 Å². The molecule has 0 aromatic heterocycles. The number of hydrogen-bond donors (Lipinski definition) is 0. The number of ketones is 1. The molecule has 0 aliphatic rings. The fraction of sp³-hybridized carbons (Fsp3) is 0.364. The largest absolute Gasteiger partial charge is 0.416 e. The number of benzene rings is 1. The summed E-state index contributed by atoms with van der Waals surface area (Å²) < 4.78 is 37.6. The average molecular weight is 327 g/mol. The molecule has 0 heterocycles. The van der Waals surface area contributed by atoms with Gasteiger partial charge in [0.25, 0.3) is 0 Å². The Kier molecular flexibility index (Phi) is 5.06. The molecule has 1 aromatic carbocycles. The summed E-state index contributed by atoms with van der Waals surface area (Å²) >= 11 is 4.37. The van der Waals surface area contributed by atoms with Crippen molar-refractivity contribution in [3.05, 3.63) is 29.3 Å². The molecule has 0 fully saturated rings. The second kappa shape index (κ2) is 5.91. The lowest BCUT2D eigenvalue weighted by Crippen LogP contribution is -2.09. The van der Waals surface area contributed by atoms with Crippen molar-refractivity contribution in [1.82, 2.24) is 0 Å². The molecule has 0 unspecified atom stereocenters. The molecule has 1 rings (SSSR count). The highest BCUT2D eigenvalue weighted by atomic mass is 79.9. The minimum absolute atomic E-state index is 0.145. The van der Waals surface area contributed by atoms with Gasteiger partial charge in [0.2, 0.25) is 0 Å². The number of thioether (sulfide) groups is 1. The van der Waals surface area contributed by atoms with Crippen molar-refractivity contribution >= 4 is 33.5 Å². The van der Waals surface area contributed by atoms with Gasteiger partial charge in [-0.05, 0) is 24.5 Å². The van der Waals surface area contributed by atoms with Crippen LogP contribution >= 0.6 is 27.7 Å². The van der Waals surface area contributed by atoms with Gasteiger partial charge in [-0.2, -0.15) is 13.2 Å². The van der Waals surface area contributed by atoms with E-state index in [1.165, 1.54) is 17.8 Å². The van der Waals surface area contributed by atoms with Gasteiger partial charge in [0.05, 0.1) is 5.56 Å². The summed E-state index contributed by atoms with van der Waals surface area (Å²) in [6.45, 7) is 0. The van der Waals surface area contributed by atoms with Gasteiger partial charge in [-0.1, -0.05) is 15.9 Å². The quantitative estimate of drug-likeness (QED) is 0.463. The molecule has 0 spiro atoms. The Hall–Kier alpha value is -0.490. The number of hydrogen-bond acceptors (Lipinski definition) is 2. The summed E-state index contributed by atoms with van der Waals surface area (Å²) in [5, 5.41) is 0.440. The van der Waals surface area contributed by atoms with Crippen LogP contribution in [0.15, 0.2) is 23.1 Å². The van der Waals surface area contributed by atoms with Crippen LogP contribution in [0.4, 0.5) is 13.2 Å². The molecule has 0 N–H and O–H groups in total. The molecule has 17 heavy (non-hydrogen) atoms. The molecule has 1 nitrogen and oxygen atoms in total. The molecular weight excluding hydrogens is 317 g/mol. The van der Waals surface area contributed by atoms with Gasteiger partial charge in [-0.15, -0.1) is 11.8 Å². The second-order valence-corrected chi connectivity index (χ2v) is 4.92. The molecule has 0 saturated heterocycles. The van der Waals surface area contributed by atoms with Crippen LogP contribution in [-0.4, -0.2) is 17.4 Å². The summed E-state index contributed by atoms with van der Waals surface area (Å²) in [5.74, 6) is -0.280. The van der Waals surface area contributed by atoms with E-state index in [1.54, 1.807) is 6.26 Å². The maximum Gasteiger partial charge on any atom is 0.416 e. The van der Waals surface area contributed by atoms with E-state index in [1.807, 2.05) is 0 Å². The number of halogens is 4. The summed E-state index contributed by atoms with van der Waals surface area (Å²) in [6.07, 6.45) is -2.50. The number of Topliss-reactive ketones (excluding diaryl/α,β-unsaturated/α-hetero) is 1. The number of alkyl halides is 4. The van der Waals surface area contributed by atoms with E-state index in [0.29, 0.717) is 10.2 Å². The zero-order valence-corrected chi connectivity index (χ0v) is 11.4. The van der Waals surface area contributed by atoms with Crippen LogP contribution in [0.5, 0.6) is 0 Å². The lowest BCUT2D eigenvalue weighted by molar-refractivity contribution is -0.137. The molecule has 94 valence electrons. The molecule has 6 heteroatoms. The van der Waals surface area contributed by atoms with Gasteiger partial charge >= 0.3 is 6.18 Å². The highest BCUT2D eigenvalue weighted by Crippen LogP contribution is 2.33. The summed E-state index contributed by atoms with van der Waals surface area (Å²) in [5.41, 5.74) is -0.639. The monoisotopic (exact) mass is 326 g/mol. The van der Waals surface area contributed by atoms with Gasteiger partial charge in [-0.3, -0.25) is 4.79 Å². The molecular formula is C11H10BrF3OS. The van der Waals surface area contributed by atoms with Crippen molar-refractivity contribution in [3.8, 4) is 0 Å². The third kappa shape index (κ3) is 3.74. The first-order valence-corrected chi connectivity index (χ1v) is 7.09. The zero-order chi connectivity index (χ0) is 13.1. The van der Waals surface area contributed by atoms with Crippen LogP contribution in [0.3, 0.4) is 0 Å². The Labute approximate surface area is 110 Å². The maximum atomic E-state index is 12.5. The SMILES string of the molecule is CSc1ccc(C(F)(F)F)cc1C(=O)CCBr. The van der Waals surface area contributed by atoms with E-state index >= 15 is 0 Å². The van der Waals surface area contributed by atoms with E-state index < -0.39 is 11.7 Å². The molecule has 0 atom stereocenters. The van der Waals surface area contributed by atoms with Crippen molar-refractivity contribution in [2.45, 2.75) is 17.5 Å². The van der Waals surface area contributed by atoms with Crippen molar-refractivity contribution in [2.75, 3.05) is 11.6 Å². The predicted molar refractivity (Wildman–Crippen MR) is 66.0 cm³/mol. The van der Waals surface area contributed by atoms with Gasteiger partial charge in [0, 0.05) is 22.2 Å². The highest BCUT2D eigenvalue weighted by molar-refractivity contribution is 9.09. The van der Waals surface area contributed by atoms with E-state index in [9.17, 15) is 18.0 Å². The third-order valence-corrected chi connectivity index (χ3v) is 3.34. The van der Waals surface area contributed by atoms with Gasteiger partial charge < -0.3 is 0 Å². The normalized spacial score (nSPS) is 11.6. The zero-order valence-electron chi connectivity index (χ0n) is 8.97. The van der Waals surface area contributed by atoms with Crippen molar-refractivity contribution < 1.29 is 18.0 Å². The second-order valence-electron chi connectivity index (χ2n) is 3.27. The lowest BCUT2D eigenvalue weighted by atomic mass is 10.1. The molecule has 0 radical (unpaired) electrons. The van der Waals surface area contributed by atoms with Crippen LogP contribution in [0.1, 0.15) is 22.3 Å².